The quantitative estimate of drug-likeness (QED) is 0.314. The number of hydrogen-bond donors (Lipinski definition) is 2. The highest BCUT2D eigenvalue weighted by Gasteiger charge is 2.22. The SMILES string of the molecule is CN=C(NCCCOCC1CCOCC1)NCC(CC(C)C)N1CCOCC1. The van der Waals surface area contributed by atoms with Gasteiger partial charge in [-0.3, -0.25) is 9.89 Å². The molecule has 28 heavy (non-hydrogen) atoms. The van der Waals surface area contributed by atoms with Crippen molar-refractivity contribution in [3.63, 3.8) is 0 Å². The van der Waals surface area contributed by atoms with Gasteiger partial charge in [0.15, 0.2) is 5.96 Å². The fourth-order valence-corrected chi connectivity index (χ4v) is 3.83. The normalized spacial score (nSPS) is 21.1. The molecule has 0 aliphatic carbocycles. The van der Waals surface area contributed by atoms with Crippen molar-refractivity contribution >= 4 is 5.96 Å². The maximum Gasteiger partial charge on any atom is 0.191 e. The van der Waals surface area contributed by atoms with Gasteiger partial charge in [0, 0.05) is 65.7 Å². The number of nitrogens with zero attached hydrogens (tertiary/aromatic N) is 2. The molecule has 2 aliphatic heterocycles. The van der Waals surface area contributed by atoms with Gasteiger partial charge in [-0.1, -0.05) is 13.8 Å². The first-order valence-corrected chi connectivity index (χ1v) is 11.1. The Bertz CT molecular complexity index is 422. The molecule has 2 aliphatic rings. The van der Waals surface area contributed by atoms with Crippen LogP contribution in [0.3, 0.4) is 0 Å². The molecule has 1 unspecified atom stereocenters. The lowest BCUT2D eigenvalue weighted by molar-refractivity contribution is 0.0132. The summed E-state index contributed by atoms with van der Waals surface area (Å²) in [6, 6.07) is 0.519. The van der Waals surface area contributed by atoms with Crippen LogP contribution in [0.4, 0.5) is 0 Å². The summed E-state index contributed by atoms with van der Waals surface area (Å²) in [6.45, 7) is 13.5. The monoisotopic (exact) mass is 398 g/mol. The Morgan fingerprint density at radius 1 is 1.11 bits per heavy atom. The standard InChI is InChI=1S/C21H42N4O3/c1-18(2)15-20(25-8-13-27-14-9-25)16-24-21(22-3)23-7-4-10-28-17-19-5-11-26-12-6-19/h18-20H,4-17H2,1-3H3,(H2,22,23,24). The van der Waals surface area contributed by atoms with Gasteiger partial charge in [0.25, 0.3) is 0 Å². The van der Waals surface area contributed by atoms with Crippen molar-refractivity contribution in [2.45, 2.75) is 45.6 Å². The Kier molecular flexibility index (Phi) is 11.8. The number of ether oxygens (including phenoxy) is 3. The van der Waals surface area contributed by atoms with E-state index in [1.54, 1.807) is 0 Å². The van der Waals surface area contributed by atoms with Crippen molar-refractivity contribution in [2.75, 3.05) is 72.9 Å². The number of nitrogens with one attached hydrogen (secondary N) is 2. The molecule has 0 spiro atoms. The summed E-state index contributed by atoms with van der Waals surface area (Å²) in [5, 5.41) is 6.93. The topological polar surface area (TPSA) is 67.4 Å². The first-order valence-electron chi connectivity index (χ1n) is 11.1. The van der Waals surface area contributed by atoms with Crippen molar-refractivity contribution in [1.29, 1.82) is 0 Å². The van der Waals surface area contributed by atoms with Crippen LogP contribution in [0.15, 0.2) is 4.99 Å². The molecule has 2 fully saturated rings. The summed E-state index contributed by atoms with van der Waals surface area (Å²) in [7, 11) is 1.84. The molecule has 0 radical (unpaired) electrons. The van der Waals surface area contributed by atoms with Gasteiger partial charge in [-0.15, -0.1) is 0 Å². The Labute approximate surface area is 171 Å². The molecular formula is C21H42N4O3. The fraction of sp³-hybridized carbons (Fsp3) is 0.952. The van der Waals surface area contributed by atoms with Crippen LogP contribution in [0.2, 0.25) is 0 Å². The molecule has 0 aromatic carbocycles. The van der Waals surface area contributed by atoms with Crippen molar-refractivity contribution in [1.82, 2.24) is 15.5 Å². The second-order valence-corrected chi connectivity index (χ2v) is 8.30. The Morgan fingerprint density at radius 3 is 2.50 bits per heavy atom. The van der Waals surface area contributed by atoms with Crippen LogP contribution in [0.1, 0.15) is 39.5 Å². The van der Waals surface area contributed by atoms with E-state index in [2.05, 4.69) is 34.4 Å². The van der Waals surface area contributed by atoms with Gasteiger partial charge in [0.05, 0.1) is 13.2 Å². The predicted octanol–water partition coefficient (Wildman–Crippen LogP) is 1.73. The first-order chi connectivity index (χ1) is 13.7. The minimum Gasteiger partial charge on any atom is -0.381 e. The summed E-state index contributed by atoms with van der Waals surface area (Å²) >= 11 is 0. The van der Waals surface area contributed by atoms with E-state index in [4.69, 9.17) is 14.2 Å². The highest BCUT2D eigenvalue weighted by molar-refractivity contribution is 5.79. The number of aliphatic imine (C=N–C) groups is 1. The van der Waals surface area contributed by atoms with Crippen LogP contribution in [-0.2, 0) is 14.2 Å². The fourth-order valence-electron chi connectivity index (χ4n) is 3.83. The number of morpholine rings is 1. The van der Waals surface area contributed by atoms with Gasteiger partial charge in [-0.2, -0.15) is 0 Å². The number of hydrogen-bond acceptors (Lipinski definition) is 5. The Hall–Kier alpha value is -0.890. The van der Waals surface area contributed by atoms with E-state index in [1.807, 2.05) is 7.05 Å². The van der Waals surface area contributed by atoms with Gasteiger partial charge >= 0.3 is 0 Å². The third kappa shape index (κ3) is 9.54. The van der Waals surface area contributed by atoms with Gasteiger partial charge < -0.3 is 24.8 Å². The van der Waals surface area contributed by atoms with Crippen LogP contribution in [0.5, 0.6) is 0 Å². The predicted molar refractivity (Wildman–Crippen MR) is 114 cm³/mol. The van der Waals surface area contributed by atoms with Gasteiger partial charge in [-0.05, 0) is 37.5 Å². The molecular weight excluding hydrogens is 356 g/mol. The molecule has 0 aromatic rings. The van der Waals surface area contributed by atoms with E-state index in [1.165, 1.54) is 6.42 Å². The van der Waals surface area contributed by atoms with Crippen LogP contribution in [-0.4, -0.2) is 89.8 Å². The Balaban J connectivity index is 1.59. The lowest BCUT2D eigenvalue weighted by Gasteiger charge is -2.35. The number of rotatable bonds is 11. The molecule has 1 atom stereocenters. The summed E-state index contributed by atoms with van der Waals surface area (Å²) in [5.41, 5.74) is 0. The summed E-state index contributed by atoms with van der Waals surface area (Å²) in [6.07, 6.45) is 4.44. The average molecular weight is 399 g/mol. The van der Waals surface area contributed by atoms with Crippen molar-refractivity contribution in [2.24, 2.45) is 16.8 Å². The van der Waals surface area contributed by atoms with Crippen LogP contribution in [0, 0.1) is 11.8 Å². The van der Waals surface area contributed by atoms with Crippen molar-refractivity contribution < 1.29 is 14.2 Å². The zero-order valence-corrected chi connectivity index (χ0v) is 18.3. The average Bonchev–Trinajstić information content (AvgIpc) is 2.73. The molecule has 0 amide bonds. The molecule has 2 rings (SSSR count). The van der Waals surface area contributed by atoms with Crippen molar-refractivity contribution in [3.05, 3.63) is 0 Å². The molecule has 7 heteroatoms. The summed E-state index contributed by atoms with van der Waals surface area (Å²) in [4.78, 5) is 6.92. The lowest BCUT2D eigenvalue weighted by atomic mass is 10.0. The minimum atomic E-state index is 0.519. The van der Waals surface area contributed by atoms with Crippen LogP contribution >= 0.6 is 0 Å². The van der Waals surface area contributed by atoms with E-state index in [9.17, 15) is 0 Å². The van der Waals surface area contributed by atoms with E-state index in [-0.39, 0.29) is 0 Å². The first kappa shape index (κ1) is 23.4. The van der Waals surface area contributed by atoms with Gasteiger partial charge in [0.1, 0.15) is 0 Å². The zero-order valence-electron chi connectivity index (χ0n) is 18.3. The Morgan fingerprint density at radius 2 is 1.82 bits per heavy atom. The molecule has 0 bridgehead atoms. The minimum absolute atomic E-state index is 0.519. The molecule has 2 saturated heterocycles. The lowest BCUT2D eigenvalue weighted by Crippen LogP contribution is -2.51. The summed E-state index contributed by atoms with van der Waals surface area (Å²) < 4.78 is 16.7. The number of guanidine groups is 1. The molecule has 0 saturated carbocycles. The van der Waals surface area contributed by atoms with E-state index in [0.717, 1.165) is 91.0 Å². The largest absolute Gasteiger partial charge is 0.381 e. The van der Waals surface area contributed by atoms with Gasteiger partial charge in [-0.25, -0.2) is 0 Å². The highest BCUT2D eigenvalue weighted by Crippen LogP contribution is 2.15. The second-order valence-electron chi connectivity index (χ2n) is 8.30. The summed E-state index contributed by atoms with van der Waals surface area (Å²) in [5.74, 6) is 2.23. The van der Waals surface area contributed by atoms with Crippen molar-refractivity contribution in [3.8, 4) is 0 Å². The molecule has 164 valence electrons. The van der Waals surface area contributed by atoms with E-state index >= 15 is 0 Å². The van der Waals surface area contributed by atoms with Crippen LogP contribution < -0.4 is 10.6 Å². The van der Waals surface area contributed by atoms with E-state index < -0.39 is 0 Å². The maximum atomic E-state index is 5.84. The third-order valence-corrected chi connectivity index (χ3v) is 5.49. The zero-order chi connectivity index (χ0) is 20.0. The molecule has 0 aromatic heterocycles. The molecule has 2 heterocycles. The molecule has 2 N–H and O–H groups in total. The third-order valence-electron chi connectivity index (χ3n) is 5.49. The highest BCUT2D eigenvalue weighted by atomic mass is 16.5. The smallest absolute Gasteiger partial charge is 0.191 e. The van der Waals surface area contributed by atoms with Gasteiger partial charge in [0.2, 0.25) is 0 Å². The second kappa shape index (κ2) is 14.1. The molecule has 7 nitrogen and oxygen atoms in total. The maximum absolute atomic E-state index is 5.84. The van der Waals surface area contributed by atoms with E-state index in [0.29, 0.717) is 17.9 Å². The van der Waals surface area contributed by atoms with Crippen LogP contribution in [0.25, 0.3) is 0 Å².